The van der Waals surface area contributed by atoms with Gasteiger partial charge in [-0.2, -0.15) is 0 Å². The molecule has 2 aliphatic heterocycles. The van der Waals surface area contributed by atoms with Crippen LogP contribution in [0.15, 0.2) is 66.9 Å². The Balaban J connectivity index is 1.11. The van der Waals surface area contributed by atoms with Gasteiger partial charge in [0, 0.05) is 49.3 Å². The lowest BCUT2D eigenvalue weighted by molar-refractivity contribution is 0.0631. The maximum absolute atomic E-state index is 13.2. The summed E-state index contributed by atoms with van der Waals surface area (Å²) in [6.45, 7) is 5.57. The second-order valence-corrected chi connectivity index (χ2v) is 11.2. The molecule has 5 rings (SSSR count). The molecule has 1 aromatic heterocycles. The Morgan fingerprint density at radius 2 is 1.57 bits per heavy atom. The summed E-state index contributed by atoms with van der Waals surface area (Å²) in [5, 5.41) is 0. The van der Waals surface area contributed by atoms with Crippen LogP contribution in [-0.2, 0) is 6.54 Å². The molecule has 0 saturated carbocycles. The first-order valence-electron chi connectivity index (χ1n) is 14.2. The number of aryl methyl sites for hydroxylation is 1. The largest absolute Gasteiger partial charge is 0.337 e. The summed E-state index contributed by atoms with van der Waals surface area (Å²) in [5.74, 6) is -0.205. The van der Waals surface area contributed by atoms with E-state index in [0.717, 1.165) is 56.4 Å². The molecule has 2 saturated heterocycles. The highest BCUT2D eigenvalue weighted by Crippen LogP contribution is 2.25. The van der Waals surface area contributed by atoms with E-state index in [-0.39, 0.29) is 29.2 Å². The van der Waals surface area contributed by atoms with E-state index in [1.807, 2.05) is 43.3 Å². The van der Waals surface area contributed by atoms with Crippen molar-refractivity contribution in [2.75, 3.05) is 26.2 Å². The number of halogens is 1. The summed E-state index contributed by atoms with van der Waals surface area (Å²) < 4.78 is 13.1. The molecule has 3 heterocycles. The zero-order valence-corrected chi connectivity index (χ0v) is 23.0. The van der Waals surface area contributed by atoms with Crippen LogP contribution in [0, 0.1) is 24.6 Å². The molecule has 2 aliphatic rings. The van der Waals surface area contributed by atoms with Crippen molar-refractivity contribution in [2.24, 2.45) is 11.8 Å². The van der Waals surface area contributed by atoms with E-state index < -0.39 is 0 Å². The SMILES string of the molecule is Cc1ccc(C(=O)C2CCCN(C(=O)c3ccc(C(=O)CC4CCN(Cc5ccc(F)cc5)CC4)cn3)C2)cc1. The molecule has 2 fully saturated rings. The van der Waals surface area contributed by atoms with Crippen LogP contribution in [0.5, 0.6) is 0 Å². The number of aromatic nitrogens is 1. The molecule has 0 radical (unpaired) electrons. The fraction of sp³-hybridized carbons (Fsp3) is 0.394. The molecule has 7 heteroatoms. The van der Waals surface area contributed by atoms with Gasteiger partial charge in [0.1, 0.15) is 11.5 Å². The van der Waals surface area contributed by atoms with E-state index in [1.165, 1.54) is 18.3 Å². The fourth-order valence-corrected chi connectivity index (χ4v) is 5.75. The number of likely N-dealkylation sites (tertiary alicyclic amines) is 2. The molecule has 0 spiro atoms. The molecule has 1 amide bonds. The summed E-state index contributed by atoms with van der Waals surface area (Å²) in [6, 6.07) is 17.5. The first-order valence-corrected chi connectivity index (χ1v) is 14.2. The Labute approximate surface area is 235 Å². The number of carbonyl (C=O) groups is 3. The molecule has 2 aromatic carbocycles. The Morgan fingerprint density at radius 1 is 0.875 bits per heavy atom. The number of hydrogen-bond donors (Lipinski definition) is 0. The number of carbonyl (C=O) groups excluding carboxylic acids is 3. The van der Waals surface area contributed by atoms with Crippen molar-refractivity contribution in [1.29, 1.82) is 0 Å². The topological polar surface area (TPSA) is 70.6 Å². The minimum Gasteiger partial charge on any atom is -0.337 e. The average Bonchev–Trinajstić information content (AvgIpc) is 2.99. The van der Waals surface area contributed by atoms with Crippen molar-refractivity contribution < 1.29 is 18.8 Å². The lowest BCUT2D eigenvalue weighted by Gasteiger charge is -2.32. The van der Waals surface area contributed by atoms with Crippen molar-refractivity contribution in [3.8, 4) is 0 Å². The van der Waals surface area contributed by atoms with Gasteiger partial charge in [0.15, 0.2) is 11.6 Å². The number of piperidine rings is 2. The predicted octanol–water partition coefficient (Wildman–Crippen LogP) is 5.75. The number of nitrogens with zero attached hydrogens (tertiary/aromatic N) is 3. The molecular formula is C33H36FN3O3. The van der Waals surface area contributed by atoms with Gasteiger partial charge in [-0.25, -0.2) is 4.39 Å². The first kappa shape index (κ1) is 27.8. The van der Waals surface area contributed by atoms with Crippen LogP contribution in [-0.4, -0.2) is 58.4 Å². The van der Waals surface area contributed by atoms with E-state index in [1.54, 1.807) is 17.0 Å². The van der Waals surface area contributed by atoms with Crippen LogP contribution in [0.2, 0.25) is 0 Å². The van der Waals surface area contributed by atoms with E-state index in [0.29, 0.717) is 42.2 Å². The van der Waals surface area contributed by atoms with Gasteiger partial charge in [-0.3, -0.25) is 24.3 Å². The van der Waals surface area contributed by atoms with Gasteiger partial charge in [-0.05, 0) is 81.4 Å². The lowest BCUT2D eigenvalue weighted by atomic mass is 9.89. The predicted molar refractivity (Wildman–Crippen MR) is 152 cm³/mol. The van der Waals surface area contributed by atoms with Crippen molar-refractivity contribution in [2.45, 2.75) is 45.6 Å². The molecule has 1 unspecified atom stereocenters. The van der Waals surface area contributed by atoms with E-state index in [2.05, 4.69) is 9.88 Å². The smallest absolute Gasteiger partial charge is 0.272 e. The second kappa shape index (κ2) is 12.6. The van der Waals surface area contributed by atoms with Crippen LogP contribution in [0.3, 0.4) is 0 Å². The fourth-order valence-electron chi connectivity index (χ4n) is 5.75. The number of amides is 1. The van der Waals surface area contributed by atoms with Gasteiger partial charge in [-0.15, -0.1) is 0 Å². The summed E-state index contributed by atoms with van der Waals surface area (Å²) in [4.78, 5) is 47.5. The molecule has 208 valence electrons. The third-order valence-electron chi connectivity index (χ3n) is 8.22. The highest BCUT2D eigenvalue weighted by atomic mass is 19.1. The van der Waals surface area contributed by atoms with E-state index in [4.69, 9.17) is 0 Å². The number of rotatable bonds is 8. The summed E-state index contributed by atoms with van der Waals surface area (Å²) in [5.41, 5.74) is 3.71. The minimum atomic E-state index is -0.224. The molecule has 0 aliphatic carbocycles. The maximum atomic E-state index is 13.2. The number of benzene rings is 2. The van der Waals surface area contributed by atoms with Gasteiger partial charge in [0.2, 0.25) is 0 Å². The molecular weight excluding hydrogens is 505 g/mol. The van der Waals surface area contributed by atoms with E-state index in [9.17, 15) is 18.8 Å². The average molecular weight is 542 g/mol. The third kappa shape index (κ3) is 6.89. The number of hydrogen-bond acceptors (Lipinski definition) is 5. The van der Waals surface area contributed by atoms with Crippen LogP contribution in [0.1, 0.15) is 74.4 Å². The normalized spacial score (nSPS) is 18.4. The van der Waals surface area contributed by atoms with Crippen LogP contribution in [0.25, 0.3) is 0 Å². The van der Waals surface area contributed by atoms with Gasteiger partial charge in [-0.1, -0.05) is 42.0 Å². The second-order valence-electron chi connectivity index (χ2n) is 11.2. The van der Waals surface area contributed by atoms with Gasteiger partial charge in [0.25, 0.3) is 5.91 Å². The molecule has 6 nitrogen and oxygen atoms in total. The first-order chi connectivity index (χ1) is 19.4. The lowest BCUT2D eigenvalue weighted by Crippen LogP contribution is -2.42. The van der Waals surface area contributed by atoms with Crippen LogP contribution in [0.4, 0.5) is 4.39 Å². The van der Waals surface area contributed by atoms with Crippen molar-refractivity contribution >= 4 is 17.5 Å². The zero-order chi connectivity index (χ0) is 28.1. The number of Topliss-reactive ketones (excluding diaryl/α,β-unsaturated/α-hetero) is 2. The standard InChI is InChI=1S/C33H36FN3O3/c1-23-4-8-26(9-5-23)32(39)28-3-2-16-37(22-28)33(40)30-13-10-27(20-35-30)31(38)19-24-14-17-36(18-15-24)21-25-6-11-29(34)12-7-25/h4-13,20,24,28H,2-3,14-19,21-22H2,1H3. The van der Waals surface area contributed by atoms with Gasteiger partial charge in [0.05, 0.1) is 0 Å². The van der Waals surface area contributed by atoms with Gasteiger partial charge >= 0.3 is 0 Å². The summed E-state index contributed by atoms with van der Waals surface area (Å²) in [7, 11) is 0. The highest BCUT2D eigenvalue weighted by molar-refractivity contribution is 5.99. The van der Waals surface area contributed by atoms with E-state index >= 15 is 0 Å². The van der Waals surface area contributed by atoms with Gasteiger partial charge < -0.3 is 4.90 Å². The quantitative estimate of drug-likeness (QED) is 0.340. The summed E-state index contributed by atoms with van der Waals surface area (Å²) >= 11 is 0. The number of pyridine rings is 1. The van der Waals surface area contributed by atoms with Crippen LogP contribution >= 0.6 is 0 Å². The Morgan fingerprint density at radius 3 is 2.25 bits per heavy atom. The minimum absolute atomic E-state index is 0.0465. The monoisotopic (exact) mass is 541 g/mol. The maximum Gasteiger partial charge on any atom is 0.272 e. The zero-order valence-electron chi connectivity index (χ0n) is 23.0. The van der Waals surface area contributed by atoms with Crippen molar-refractivity contribution in [3.63, 3.8) is 0 Å². The molecule has 3 aromatic rings. The third-order valence-corrected chi connectivity index (χ3v) is 8.22. The highest BCUT2D eigenvalue weighted by Gasteiger charge is 2.30. The molecule has 0 N–H and O–H groups in total. The molecule has 1 atom stereocenters. The Bertz CT molecular complexity index is 1330. The van der Waals surface area contributed by atoms with Crippen LogP contribution < -0.4 is 0 Å². The number of ketones is 2. The van der Waals surface area contributed by atoms with Crippen molar-refractivity contribution in [1.82, 2.24) is 14.8 Å². The molecule has 0 bridgehead atoms. The Hall–Kier alpha value is -3.71. The summed E-state index contributed by atoms with van der Waals surface area (Å²) in [6.07, 6.45) is 5.39. The van der Waals surface area contributed by atoms with Crippen molar-refractivity contribution in [3.05, 3.63) is 101 Å². The Kier molecular flexibility index (Phi) is 8.80. The molecule has 40 heavy (non-hydrogen) atoms.